The minimum Gasteiger partial charge on any atom is -0.336 e. The first kappa shape index (κ1) is 18.2. The zero-order chi connectivity index (χ0) is 19.5. The number of carbonyl (C=O) groups excluding carboxylic acids is 1. The summed E-state index contributed by atoms with van der Waals surface area (Å²) in [5.41, 5.74) is 1.15. The maximum absolute atomic E-state index is 13.0. The summed E-state index contributed by atoms with van der Waals surface area (Å²) in [6.07, 6.45) is 0. The minimum absolute atomic E-state index is 0.0993. The number of benzene rings is 2. The summed E-state index contributed by atoms with van der Waals surface area (Å²) < 4.78 is 31.3. The normalized spacial score (nSPS) is 15.0. The number of piperazine rings is 1. The van der Waals surface area contributed by atoms with Gasteiger partial charge < -0.3 is 9.42 Å². The van der Waals surface area contributed by atoms with Crippen molar-refractivity contribution in [3.8, 4) is 11.5 Å². The predicted molar refractivity (Wildman–Crippen MR) is 97.3 cm³/mol. The number of rotatable bonds is 4. The molecule has 0 atom stereocenters. The fourth-order valence-corrected chi connectivity index (χ4v) is 3.11. The third-order valence-corrected chi connectivity index (χ3v) is 4.67. The highest BCUT2D eigenvalue weighted by atomic mass is 19.1. The Morgan fingerprint density at radius 3 is 2.18 bits per heavy atom. The summed E-state index contributed by atoms with van der Waals surface area (Å²) in [7, 11) is 0. The van der Waals surface area contributed by atoms with E-state index in [1.54, 1.807) is 17.0 Å². The van der Waals surface area contributed by atoms with Crippen LogP contribution in [0.15, 0.2) is 53.1 Å². The van der Waals surface area contributed by atoms with Gasteiger partial charge in [0.2, 0.25) is 0 Å². The van der Waals surface area contributed by atoms with Gasteiger partial charge in [-0.15, -0.1) is 0 Å². The molecular formula is C20H18F2N4O2. The third kappa shape index (κ3) is 4.07. The summed E-state index contributed by atoms with van der Waals surface area (Å²) in [4.78, 5) is 20.7. The highest BCUT2D eigenvalue weighted by molar-refractivity contribution is 5.94. The van der Waals surface area contributed by atoms with Gasteiger partial charge in [-0.2, -0.15) is 4.98 Å². The van der Waals surface area contributed by atoms with Crippen LogP contribution in [0.4, 0.5) is 8.78 Å². The molecule has 1 fully saturated rings. The maximum atomic E-state index is 13.0. The van der Waals surface area contributed by atoms with Crippen LogP contribution in [-0.2, 0) is 6.54 Å². The molecule has 28 heavy (non-hydrogen) atoms. The Labute approximate surface area is 160 Å². The van der Waals surface area contributed by atoms with Crippen molar-refractivity contribution in [2.75, 3.05) is 26.2 Å². The SMILES string of the molecule is O=C(c1ccc(F)cc1)N1CCN(Cc2noc(-c3ccc(F)cc3)n2)CC1. The van der Waals surface area contributed by atoms with Crippen LogP contribution in [-0.4, -0.2) is 52.0 Å². The van der Waals surface area contributed by atoms with E-state index in [0.29, 0.717) is 55.6 Å². The Hall–Kier alpha value is -3.13. The molecule has 1 saturated heterocycles. The van der Waals surface area contributed by atoms with Gasteiger partial charge >= 0.3 is 0 Å². The van der Waals surface area contributed by atoms with Gasteiger partial charge in [-0.05, 0) is 48.5 Å². The molecule has 0 bridgehead atoms. The lowest BCUT2D eigenvalue weighted by Gasteiger charge is -2.34. The highest BCUT2D eigenvalue weighted by Gasteiger charge is 2.23. The van der Waals surface area contributed by atoms with Crippen LogP contribution in [0.5, 0.6) is 0 Å². The zero-order valence-electron chi connectivity index (χ0n) is 15.0. The largest absolute Gasteiger partial charge is 0.336 e. The van der Waals surface area contributed by atoms with Gasteiger partial charge in [-0.1, -0.05) is 5.16 Å². The molecule has 6 nitrogen and oxygen atoms in total. The monoisotopic (exact) mass is 384 g/mol. The Kier molecular flexibility index (Phi) is 5.12. The second kappa shape index (κ2) is 7.85. The fourth-order valence-electron chi connectivity index (χ4n) is 3.11. The van der Waals surface area contributed by atoms with Crippen molar-refractivity contribution in [1.82, 2.24) is 19.9 Å². The maximum Gasteiger partial charge on any atom is 0.257 e. The van der Waals surface area contributed by atoms with E-state index in [1.807, 2.05) is 0 Å². The number of halogens is 2. The van der Waals surface area contributed by atoms with Crippen LogP contribution in [0.3, 0.4) is 0 Å². The van der Waals surface area contributed by atoms with Crippen LogP contribution in [0.2, 0.25) is 0 Å². The molecule has 0 unspecified atom stereocenters. The molecule has 144 valence electrons. The Morgan fingerprint density at radius 2 is 1.54 bits per heavy atom. The van der Waals surface area contributed by atoms with Crippen molar-refractivity contribution >= 4 is 5.91 Å². The van der Waals surface area contributed by atoms with Gasteiger partial charge in [0, 0.05) is 37.3 Å². The van der Waals surface area contributed by atoms with E-state index in [9.17, 15) is 13.6 Å². The molecule has 0 saturated carbocycles. The smallest absolute Gasteiger partial charge is 0.257 e. The average molecular weight is 384 g/mol. The molecule has 0 radical (unpaired) electrons. The van der Waals surface area contributed by atoms with Crippen LogP contribution in [0.1, 0.15) is 16.2 Å². The zero-order valence-corrected chi connectivity index (χ0v) is 15.0. The Morgan fingerprint density at radius 1 is 0.929 bits per heavy atom. The quantitative estimate of drug-likeness (QED) is 0.692. The molecule has 8 heteroatoms. The van der Waals surface area contributed by atoms with Crippen LogP contribution < -0.4 is 0 Å². The topological polar surface area (TPSA) is 62.5 Å². The first-order valence-corrected chi connectivity index (χ1v) is 8.94. The summed E-state index contributed by atoms with van der Waals surface area (Å²) in [6, 6.07) is 11.4. The first-order valence-electron chi connectivity index (χ1n) is 8.94. The number of aromatic nitrogens is 2. The van der Waals surface area contributed by atoms with Gasteiger partial charge in [-0.25, -0.2) is 8.78 Å². The standard InChI is InChI=1S/C20H18F2N4O2/c21-16-5-1-14(2-6-16)19-23-18(24-28-19)13-25-9-11-26(12-10-25)20(27)15-3-7-17(22)8-4-15/h1-8H,9-13H2. The van der Waals surface area contributed by atoms with Crippen molar-refractivity contribution in [3.63, 3.8) is 0 Å². The van der Waals surface area contributed by atoms with E-state index < -0.39 is 0 Å². The van der Waals surface area contributed by atoms with Crippen LogP contribution in [0.25, 0.3) is 11.5 Å². The number of amides is 1. The molecule has 0 N–H and O–H groups in total. The van der Waals surface area contributed by atoms with Crippen molar-refractivity contribution in [3.05, 3.63) is 71.6 Å². The van der Waals surface area contributed by atoms with Gasteiger partial charge in [0.25, 0.3) is 11.8 Å². The molecule has 1 aliphatic rings. The molecule has 0 spiro atoms. The second-order valence-corrected chi connectivity index (χ2v) is 6.60. The summed E-state index contributed by atoms with van der Waals surface area (Å²) in [5, 5.41) is 3.98. The van der Waals surface area contributed by atoms with E-state index >= 15 is 0 Å². The third-order valence-electron chi connectivity index (χ3n) is 4.67. The molecule has 0 aliphatic carbocycles. The number of carbonyl (C=O) groups is 1. The van der Waals surface area contributed by atoms with Gasteiger partial charge in [0.1, 0.15) is 11.6 Å². The van der Waals surface area contributed by atoms with E-state index in [4.69, 9.17) is 4.52 Å². The van der Waals surface area contributed by atoms with Gasteiger partial charge in [0.05, 0.1) is 6.54 Å². The molecule has 1 aromatic heterocycles. The molecule has 2 heterocycles. The Balaban J connectivity index is 1.33. The highest BCUT2D eigenvalue weighted by Crippen LogP contribution is 2.18. The van der Waals surface area contributed by atoms with E-state index in [1.165, 1.54) is 36.4 Å². The van der Waals surface area contributed by atoms with Crippen molar-refractivity contribution in [2.45, 2.75) is 6.54 Å². The molecule has 2 aromatic carbocycles. The van der Waals surface area contributed by atoms with Crippen LogP contribution in [0, 0.1) is 11.6 Å². The molecule has 3 aromatic rings. The van der Waals surface area contributed by atoms with Crippen LogP contribution >= 0.6 is 0 Å². The molecular weight excluding hydrogens is 366 g/mol. The average Bonchev–Trinajstić information content (AvgIpc) is 3.18. The van der Waals surface area contributed by atoms with E-state index in [-0.39, 0.29) is 17.5 Å². The van der Waals surface area contributed by atoms with Gasteiger partial charge in [0.15, 0.2) is 5.82 Å². The molecule has 1 amide bonds. The van der Waals surface area contributed by atoms with E-state index in [2.05, 4.69) is 15.0 Å². The first-order chi connectivity index (χ1) is 13.6. The minimum atomic E-state index is -0.360. The lowest BCUT2D eigenvalue weighted by molar-refractivity contribution is 0.0624. The Bertz CT molecular complexity index is 949. The fraction of sp³-hybridized carbons (Fsp3) is 0.250. The number of nitrogens with zero attached hydrogens (tertiary/aromatic N) is 4. The van der Waals surface area contributed by atoms with Crippen molar-refractivity contribution in [1.29, 1.82) is 0 Å². The molecule has 4 rings (SSSR count). The lowest BCUT2D eigenvalue weighted by atomic mass is 10.2. The van der Waals surface area contributed by atoms with Gasteiger partial charge in [-0.3, -0.25) is 9.69 Å². The summed E-state index contributed by atoms with van der Waals surface area (Å²) >= 11 is 0. The summed E-state index contributed by atoms with van der Waals surface area (Å²) in [6.45, 7) is 2.99. The lowest BCUT2D eigenvalue weighted by Crippen LogP contribution is -2.48. The van der Waals surface area contributed by atoms with Crippen molar-refractivity contribution in [2.24, 2.45) is 0 Å². The summed E-state index contributed by atoms with van der Waals surface area (Å²) in [5.74, 6) is 0.105. The molecule has 1 aliphatic heterocycles. The second-order valence-electron chi connectivity index (χ2n) is 6.60. The predicted octanol–water partition coefficient (Wildman–Crippen LogP) is 2.97. The van der Waals surface area contributed by atoms with Crippen molar-refractivity contribution < 1.29 is 18.1 Å². The van der Waals surface area contributed by atoms with E-state index in [0.717, 1.165) is 0 Å². The number of hydrogen-bond donors (Lipinski definition) is 0. The number of hydrogen-bond acceptors (Lipinski definition) is 5.